The molecule has 2 heterocycles. The number of hydrogen-bond acceptors (Lipinski definition) is 6. The van der Waals surface area contributed by atoms with E-state index in [0.717, 1.165) is 12.8 Å². The number of hydrogen-bond donors (Lipinski definition) is 1. The summed E-state index contributed by atoms with van der Waals surface area (Å²) in [5.41, 5.74) is 0.234. The third-order valence-electron chi connectivity index (χ3n) is 4.34. The number of anilines is 1. The van der Waals surface area contributed by atoms with Crippen LogP contribution in [0.1, 0.15) is 31.3 Å². The molecule has 0 bridgehead atoms. The van der Waals surface area contributed by atoms with Gasteiger partial charge in [0.15, 0.2) is 0 Å². The third kappa shape index (κ3) is 2.99. The van der Waals surface area contributed by atoms with Gasteiger partial charge in [-0.25, -0.2) is 9.97 Å². The predicted molar refractivity (Wildman–Crippen MR) is 90.2 cm³/mol. The van der Waals surface area contributed by atoms with E-state index in [1.165, 1.54) is 0 Å². The van der Waals surface area contributed by atoms with Crippen molar-refractivity contribution in [1.82, 2.24) is 19.5 Å². The second-order valence-electron chi connectivity index (χ2n) is 6.08. The van der Waals surface area contributed by atoms with E-state index in [1.807, 2.05) is 0 Å². The number of nitrogens with one attached hydrogen (secondary N) is 1. The molecule has 0 aliphatic heterocycles. The molecule has 1 N–H and O–H groups in total. The summed E-state index contributed by atoms with van der Waals surface area (Å²) in [7, 11) is 0. The van der Waals surface area contributed by atoms with E-state index < -0.39 is 4.92 Å². The highest BCUT2D eigenvalue weighted by Gasteiger charge is 2.26. The van der Waals surface area contributed by atoms with Gasteiger partial charge in [-0.05, 0) is 32.6 Å². The van der Waals surface area contributed by atoms with Crippen molar-refractivity contribution >= 4 is 11.6 Å². The average molecular weight is 328 g/mol. The smallest absolute Gasteiger partial charge is 0.333 e. The van der Waals surface area contributed by atoms with Crippen molar-refractivity contribution in [2.45, 2.75) is 39.7 Å². The van der Waals surface area contributed by atoms with E-state index in [0.29, 0.717) is 23.4 Å². The quantitative estimate of drug-likeness (QED) is 0.526. The molecule has 0 unspecified atom stereocenters. The highest BCUT2D eigenvalue weighted by Crippen LogP contribution is 2.28. The van der Waals surface area contributed by atoms with Gasteiger partial charge in [-0.2, -0.15) is 4.98 Å². The molecule has 2 atom stereocenters. The summed E-state index contributed by atoms with van der Waals surface area (Å²) in [6.07, 6.45) is 9.45. The zero-order valence-corrected chi connectivity index (χ0v) is 13.9. The zero-order valence-electron chi connectivity index (χ0n) is 13.9. The van der Waals surface area contributed by atoms with E-state index in [-0.39, 0.29) is 17.5 Å². The van der Waals surface area contributed by atoms with E-state index in [4.69, 9.17) is 0 Å². The lowest BCUT2D eigenvalue weighted by atomic mass is 9.91. The van der Waals surface area contributed by atoms with E-state index in [2.05, 4.69) is 39.3 Å². The highest BCUT2D eigenvalue weighted by atomic mass is 16.6. The Morgan fingerprint density at radius 1 is 1.29 bits per heavy atom. The summed E-state index contributed by atoms with van der Waals surface area (Å²) < 4.78 is 1.61. The van der Waals surface area contributed by atoms with Crippen LogP contribution in [-0.4, -0.2) is 30.5 Å². The van der Waals surface area contributed by atoms with Gasteiger partial charge in [0.25, 0.3) is 0 Å². The molecule has 0 spiro atoms. The van der Waals surface area contributed by atoms with Crippen LogP contribution >= 0.6 is 0 Å². The Hall–Kier alpha value is -2.77. The molecule has 8 nitrogen and oxygen atoms in total. The molecule has 2 aromatic heterocycles. The lowest BCUT2D eigenvalue weighted by Gasteiger charge is -2.26. The first-order valence-corrected chi connectivity index (χ1v) is 7.92. The van der Waals surface area contributed by atoms with Crippen LogP contribution in [-0.2, 0) is 0 Å². The predicted octanol–water partition coefficient (Wildman–Crippen LogP) is 2.95. The lowest BCUT2D eigenvalue weighted by Crippen LogP contribution is -2.29. The fourth-order valence-corrected chi connectivity index (χ4v) is 2.92. The van der Waals surface area contributed by atoms with Crippen LogP contribution in [0.15, 0.2) is 24.5 Å². The summed E-state index contributed by atoms with van der Waals surface area (Å²) >= 11 is 0. The van der Waals surface area contributed by atoms with Gasteiger partial charge in [0.1, 0.15) is 11.5 Å². The van der Waals surface area contributed by atoms with Crippen LogP contribution in [0.25, 0.3) is 5.82 Å². The van der Waals surface area contributed by atoms with Crippen molar-refractivity contribution < 1.29 is 4.92 Å². The molecule has 0 amide bonds. The number of aromatic nitrogens is 4. The summed E-state index contributed by atoms with van der Waals surface area (Å²) in [4.78, 5) is 23.9. The van der Waals surface area contributed by atoms with E-state index >= 15 is 0 Å². The molecule has 1 aliphatic carbocycles. The van der Waals surface area contributed by atoms with Crippen LogP contribution in [0, 0.1) is 29.9 Å². The van der Waals surface area contributed by atoms with Gasteiger partial charge in [0.2, 0.25) is 11.8 Å². The van der Waals surface area contributed by atoms with Gasteiger partial charge in [0, 0.05) is 18.4 Å². The third-order valence-corrected chi connectivity index (χ3v) is 4.34. The van der Waals surface area contributed by atoms with Crippen molar-refractivity contribution in [3.63, 3.8) is 0 Å². The van der Waals surface area contributed by atoms with E-state index in [1.54, 1.807) is 30.8 Å². The lowest BCUT2D eigenvalue weighted by molar-refractivity contribution is -0.385. The van der Waals surface area contributed by atoms with Crippen molar-refractivity contribution in [3.8, 4) is 5.82 Å². The molecular formula is C16H20N6O2. The monoisotopic (exact) mass is 328 g/mol. The number of aryl methyl sites for hydroxylation is 2. The molecule has 0 fully saturated rings. The minimum Gasteiger partial charge on any atom is -0.351 e. The Balaban J connectivity index is 2.03. The van der Waals surface area contributed by atoms with Crippen molar-refractivity contribution in [2.75, 3.05) is 5.32 Å². The van der Waals surface area contributed by atoms with Gasteiger partial charge in [-0.1, -0.05) is 19.1 Å². The highest BCUT2D eigenvalue weighted by molar-refractivity contribution is 5.54. The van der Waals surface area contributed by atoms with Gasteiger partial charge in [-0.3, -0.25) is 14.7 Å². The van der Waals surface area contributed by atoms with Crippen molar-refractivity contribution in [3.05, 3.63) is 46.2 Å². The molecular weight excluding hydrogens is 308 g/mol. The van der Waals surface area contributed by atoms with Crippen LogP contribution in [0.5, 0.6) is 0 Å². The Morgan fingerprint density at radius 2 is 2.04 bits per heavy atom. The number of allylic oxidation sites excluding steroid dienone is 1. The van der Waals surface area contributed by atoms with Crippen LogP contribution < -0.4 is 5.32 Å². The van der Waals surface area contributed by atoms with E-state index in [9.17, 15) is 10.1 Å². The molecule has 8 heteroatoms. The number of rotatable bonds is 4. The van der Waals surface area contributed by atoms with Crippen LogP contribution in [0.3, 0.4) is 0 Å². The fraction of sp³-hybridized carbons (Fsp3) is 0.438. The average Bonchev–Trinajstić information content (AvgIpc) is 2.94. The fourth-order valence-electron chi connectivity index (χ4n) is 2.92. The minimum atomic E-state index is -0.445. The maximum Gasteiger partial charge on any atom is 0.333 e. The minimum absolute atomic E-state index is 0.0989. The standard InChI is InChI=1S/C16H20N6O2/c1-10-6-4-5-7-13(10)19-16-18-11(2)14(22(23)24)15(20-16)21-9-8-17-12(21)3/h4-5,8-10,13H,6-7H2,1-3H3,(H,18,19,20)/t10-,13-/m0/s1. The second-order valence-corrected chi connectivity index (χ2v) is 6.08. The topological polar surface area (TPSA) is 98.8 Å². The van der Waals surface area contributed by atoms with Crippen molar-refractivity contribution in [2.24, 2.45) is 5.92 Å². The number of nitro groups is 1. The summed E-state index contributed by atoms with van der Waals surface area (Å²) in [6, 6.07) is 0.215. The number of nitrogens with zero attached hydrogens (tertiary/aromatic N) is 5. The molecule has 0 aromatic carbocycles. The molecule has 0 radical (unpaired) electrons. The second kappa shape index (κ2) is 6.38. The summed E-state index contributed by atoms with van der Waals surface area (Å²) in [6.45, 7) is 5.58. The van der Waals surface area contributed by atoms with Crippen molar-refractivity contribution in [1.29, 1.82) is 0 Å². The molecule has 1 aliphatic rings. The molecule has 0 saturated heterocycles. The SMILES string of the molecule is Cc1nc(N[C@H]2CC=CC[C@@H]2C)nc(-n2ccnc2C)c1[N+](=O)[O-]. The van der Waals surface area contributed by atoms with Gasteiger partial charge in [-0.15, -0.1) is 0 Å². The van der Waals surface area contributed by atoms with Crippen LogP contribution in [0.4, 0.5) is 11.6 Å². The Kier molecular flexibility index (Phi) is 4.28. The molecule has 3 rings (SSSR count). The molecule has 2 aromatic rings. The van der Waals surface area contributed by atoms with Crippen LogP contribution in [0.2, 0.25) is 0 Å². The number of imidazole rings is 1. The molecule has 126 valence electrons. The largest absolute Gasteiger partial charge is 0.351 e. The van der Waals surface area contributed by atoms with Gasteiger partial charge in [0.05, 0.1) is 4.92 Å². The molecule has 0 saturated carbocycles. The Bertz CT molecular complexity index is 798. The van der Waals surface area contributed by atoms with Gasteiger partial charge >= 0.3 is 5.69 Å². The molecule has 24 heavy (non-hydrogen) atoms. The first kappa shape index (κ1) is 16.1. The Morgan fingerprint density at radius 3 is 2.67 bits per heavy atom. The first-order chi connectivity index (χ1) is 11.5. The maximum atomic E-state index is 11.5. The summed E-state index contributed by atoms with van der Waals surface area (Å²) in [5.74, 6) is 1.74. The normalized spacial score (nSPS) is 20.1. The Labute approximate surface area is 139 Å². The van der Waals surface area contributed by atoms with Gasteiger partial charge < -0.3 is 5.32 Å². The summed E-state index contributed by atoms with van der Waals surface area (Å²) in [5, 5.41) is 14.8. The first-order valence-electron chi connectivity index (χ1n) is 7.92. The maximum absolute atomic E-state index is 11.5. The zero-order chi connectivity index (χ0) is 17.3.